The molecular formula is C16H16F3N3O5S. The van der Waals surface area contributed by atoms with E-state index in [4.69, 9.17) is 9.47 Å². The maximum atomic E-state index is 12.1. The number of nitrogens with zero attached hydrogens (tertiary/aromatic N) is 2. The monoisotopic (exact) mass is 419 g/mol. The van der Waals surface area contributed by atoms with Crippen molar-refractivity contribution in [3.63, 3.8) is 0 Å². The third-order valence-corrected chi connectivity index (χ3v) is 4.21. The predicted octanol–water partition coefficient (Wildman–Crippen LogP) is 2.42. The van der Waals surface area contributed by atoms with Gasteiger partial charge in [-0.25, -0.2) is 9.59 Å². The van der Waals surface area contributed by atoms with Crippen LogP contribution in [-0.2, 0) is 14.2 Å². The summed E-state index contributed by atoms with van der Waals surface area (Å²) in [5, 5.41) is 2.07. The van der Waals surface area contributed by atoms with Crippen molar-refractivity contribution in [2.75, 3.05) is 42.6 Å². The topological polar surface area (TPSA) is 80.3 Å². The summed E-state index contributed by atoms with van der Waals surface area (Å²) in [7, 11) is 0. The first-order valence-corrected chi connectivity index (χ1v) is 8.63. The number of cyclic esters (lactones) is 2. The first kappa shape index (κ1) is 20.0. The first-order valence-electron chi connectivity index (χ1n) is 8.23. The summed E-state index contributed by atoms with van der Waals surface area (Å²) in [6.45, 7) is -0.530. The van der Waals surface area contributed by atoms with Crippen molar-refractivity contribution in [1.82, 2.24) is 5.32 Å². The lowest BCUT2D eigenvalue weighted by atomic mass is 10.2. The highest BCUT2D eigenvalue weighted by Crippen LogP contribution is 2.26. The Bertz CT molecular complexity index is 759. The van der Waals surface area contributed by atoms with Crippen LogP contribution in [0.5, 0.6) is 0 Å². The Labute approximate surface area is 163 Å². The molecule has 1 atom stereocenters. The van der Waals surface area contributed by atoms with E-state index in [-0.39, 0.29) is 13.1 Å². The number of ether oxygens (including phenoxy) is 3. The molecule has 3 rings (SSSR count). The van der Waals surface area contributed by atoms with Gasteiger partial charge < -0.3 is 19.5 Å². The molecule has 0 radical (unpaired) electrons. The van der Waals surface area contributed by atoms with Gasteiger partial charge in [-0.3, -0.25) is 9.80 Å². The fourth-order valence-electron chi connectivity index (χ4n) is 2.67. The molecule has 1 N–H and O–H groups in total. The van der Waals surface area contributed by atoms with Gasteiger partial charge in [-0.15, -0.1) is 0 Å². The highest BCUT2D eigenvalue weighted by molar-refractivity contribution is 7.80. The number of hydrogen-bond acceptors (Lipinski definition) is 6. The van der Waals surface area contributed by atoms with Gasteiger partial charge in [0, 0.05) is 11.4 Å². The van der Waals surface area contributed by atoms with Crippen molar-refractivity contribution in [1.29, 1.82) is 0 Å². The highest BCUT2D eigenvalue weighted by atomic mass is 32.1. The number of amides is 2. The highest BCUT2D eigenvalue weighted by Gasteiger charge is 2.33. The van der Waals surface area contributed by atoms with Crippen molar-refractivity contribution in [3.8, 4) is 0 Å². The van der Waals surface area contributed by atoms with Crippen molar-refractivity contribution in [3.05, 3.63) is 24.3 Å². The number of carbonyl (C=O) groups excluding carboxylic acids is 2. The molecule has 0 aromatic heterocycles. The predicted molar refractivity (Wildman–Crippen MR) is 95.4 cm³/mol. The lowest BCUT2D eigenvalue weighted by Crippen LogP contribution is -2.36. The van der Waals surface area contributed by atoms with Crippen LogP contribution in [0, 0.1) is 0 Å². The van der Waals surface area contributed by atoms with Crippen LogP contribution in [0.15, 0.2) is 24.3 Å². The first-order chi connectivity index (χ1) is 13.2. The van der Waals surface area contributed by atoms with Crippen molar-refractivity contribution in [2.45, 2.75) is 12.3 Å². The standard InChI is InChI=1S/C16H16F3N3O5S/c17-16(18,19)9-26-13(28)20-7-12-8-22(15(24)27-12)11-3-1-10(2-4-11)21-5-6-25-14(21)23/h1-4,12H,5-9H2,(H,20,28)/t12-/m0/s1. The van der Waals surface area contributed by atoms with Gasteiger partial charge in [0.2, 0.25) is 0 Å². The van der Waals surface area contributed by atoms with E-state index in [2.05, 4.69) is 22.3 Å². The van der Waals surface area contributed by atoms with Crippen LogP contribution in [0.1, 0.15) is 0 Å². The summed E-state index contributed by atoms with van der Waals surface area (Å²) >= 11 is 4.66. The SMILES string of the molecule is O=C1OCCN1c1ccc(N2C[C@H](CNC(=S)OCC(F)(F)F)OC2=O)cc1. The number of alkyl halides is 3. The summed E-state index contributed by atoms with van der Waals surface area (Å²) in [6.07, 6.45) is -6.13. The van der Waals surface area contributed by atoms with Gasteiger partial charge >= 0.3 is 18.4 Å². The Kier molecular flexibility index (Phi) is 5.77. The number of benzene rings is 1. The number of rotatable bonds is 5. The molecule has 12 heteroatoms. The van der Waals surface area contributed by atoms with Crippen LogP contribution < -0.4 is 15.1 Å². The molecule has 2 fully saturated rings. The van der Waals surface area contributed by atoms with Gasteiger partial charge in [0.1, 0.15) is 12.7 Å². The fourth-order valence-corrected chi connectivity index (χ4v) is 2.82. The molecule has 2 amide bonds. The lowest BCUT2D eigenvalue weighted by Gasteiger charge is -2.16. The molecule has 2 heterocycles. The summed E-state index contributed by atoms with van der Waals surface area (Å²) in [5.41, 5.74) is 1.20. The maximum absolute atomic E-state index is 12.1. The number of hydrogen-bond donors (Lipinski definition) is 1. The average molecular weight is 419 g/mol. The summed E-state index contributed by atoms with van der Waals surface area (Å²) in [5.74, 6) is 0. The van der Waals surface area contributed by atoms with E-state index in [1.165, 1.54) is 9.80 Å². The Morgan fingerprint density at radius 3 is 2.39 bits per heavy atom. The second kappa shape index (κ2) is 8.09. The fraction of sp³-hybridized carbons (Fsp3) is 0.438. The minimum atomic E-state index is -4.49. The van der Waals surface area contributed by atoms with Gasteiger partial charge in [-0.1, -0.05) is 0 Å². The summed E-state index contributed by atoms with van der Waals surface area (Å²) in [4.78, 5) is 26.5. The van der Waals surface area contributed by atoms with Crippen LogP contribution in [0.4, 0.5) is 34.1 Å². The van der Waals surface area contributed by atoms with Crippen LogP contribution in [0.2, 0.25) is 0 Å². The molecule has 0 bridgehead atoms. The van der Waals surface area contributed by atoms with Gasteiger partial charge in [0.05, 0.1) is 19.6 Å². The molecule has 0 aliphatic carbocycles. The second-order valence-corrected chi connectivity index (χ2v) is 6.34. The quantitative estimate of drug-likeness (QED) is 0.735. The minimum Gasteiger partial charge on any atom is -0.461 e. The van der Waals surface area contributed by atoms with Crippen molar-refractivity contribution >= 4 is 41.0 Å². The third-order valence-electron chi connectivity index (χ3n) is 3.95. The van der Waals surface area contributed by atoms with Gasteiger partial charge in [-0.05, 0) is 36.5 Å². The molecule has 1 aromatic rings. The van der Waals surface area contributed by atoms with E-state index in [0.29, 0.717) is 24.5 Å². The minimum absolute atomic E-state index is 0.0105. The van der Waals surface area contributed by atoms with Crippen LogP contribution in [0.25, 0.3) is 0 Å². The van der Waals surface area contributed by atoms with Gasteiger partial charge in [-0.2, -0.15) is 13.2 Å². The normalized spacial score (nSPS) is 19.5. The number of anilines is 2. The van der Waals surface area contributed by atoms with E-state index in [1.807, 2.05) is 0 Å². The number of nitrogens with one attached hydrogen (secondary N) is 1. The van der Waals surface area contributed by atoms with Crippen LogP contribution in [-0.4, -0.2) is 62.5 Å². The smallest absolute Gasteiger partial charge is 0.422 e. The van der Waals surface area contributed by atoms with E-state index < -0.39 is 36.2 Å². The van der Waals surface area contributed by atoms with Crippen molar-refractivity contribution in [2.24, 2.45) is 0 Å². The molecule has 2 aliphatic heterocycles. The zero-order valence-corrected chi connectivity index (χ0v) is 15.2. The molecule has 1 aromatic carbocycles. The maximum Gasteiger partial charge on any atom is 0.422 e. The average Bonchev–Trinajstić information content (AvgIpc) is 3.23. The van der Waals surface area contributed by atoms with E-state index >= 15 is 0 Å². The van der Waals surface area contributed by atoms with E-state index in [9.17, 15) is 22.8 Å². The summed E-state index contributed by atoms with van der Waals surface area (Å²) < 4.78 is 50.7. The largest absolute Gasteiger partial charge is 0.461 e. The Hall–Kier alpha value is -2.76. The Morgan fingerprint density at radius 1 is 1.18 bits per heavy atom. The molecule has 0 spiro atoms. The second-order valence-electron chi connectivity index (χ2n) is 5.97. The summed E-state index contributed by atoms with van der Waals surface area (Å²) in [6, 6.07) is 6.69. The lowest BCUT2D eigenvalue weighted by molar-refractivity contribution is -0.156. The number of carbonyl (C=O) groups is 2. The zero-order chi connectivity index (χ0) is 20.3. The van der Waals surface area contributed by atoms with Crippen LogP contribution in [0.3, 0.4) is 0 Å². The van der Waals surface area contributed by atoms with Crippen LogP contribution >= 0.6 is 12.2 Å². The molecule has 0 saturated carbocycles. The number of halogens is 3. The molecule has 2 aliphatic rings. The Balaban J connectivity index is 1.51. The van der Waals surface area contributed by atoms with Crippen molar-refractivity contribution < 1.29 is 37.0 Å². The molecule has 8 nitrogen and oxygen atoms in total. The third kappa shape index (κ3) is 4.94. The molecular weight excluding hydrogens is 403 g/mol. The van der Waals surface area contributed by atoms with E-state index in [1.54, 1.807) is 24.3 Å². The molecule has 2 saturated heterocycles. The van der Waals surface area contributed by atoms with Gasteiger partial charge in [0.15, 0.2) is 6.61 Å². The van der Waals surface area contributed by atoms with E-state index in [0.717, 1.165) is 0 Å². The Morgan fingerprint density at radius 2 is 1.82 bits per heavy atom. The zero-order valence-electron chi connectivity index (χ0n) is 14.4. The van der Waals surface area contributed by atoms with Gasteiger partial charge in [0.25, 0.3) is 5.17 Å². The molecule has 152 valence electrons. The molecule has 28 heavy (non-hydrogen) atoms. The molecule has 0 unspecified atom stereocenters. The number of thiocarbonyl (C=S) groups is 1.